The SMILES string of the molecule is CCc1ccnc(-c2cn3ccnc3c(Cl)n2)c1. The number of aryl methyl sites for hydroxylation is 1. The average Bonchev–Trinajstić information content (AvgIpc) is 2.87. The van der Waals surface area contributed by atoms with Gasteiger partial charge in [-0.25, -0.2) is 9.97 Å². The lowest BCUT2D eigenvalue weighted by molar-refractivity contribution is 1.09. The smallest absolute Gasteiger partial charge is 0.174 e. The molecule has 0 spiro atoms. The lowest BCUT2D eigenvalue weighted by atomic mass is 10.1. The van der Waals surface area contributed by atoms with Crippen molar-refractivity contribution in [2.75, 3.05) is 0 Å². The summed E-state index contributed by atoms with van der Waals surface area (Å²) in [5.74, 6) is 0. The number of aromatic nitrogens is 4. The van der Waals surface area contributed by atoms with E-state index in [1.165, 1.54) is 5.56 Å². The summed E-state index contributed by atoms with van der Waals surface area (Å²) in [6.07, 6.45) is 8.19. The Balaban J connectivity index is 2.18. The highest BCUT2D eigenvalue weighted by molar-refractivity contribution is 6.32. The normalized spacial score (nSPS) is 11.0. The molecule has 3 heterocycles. The number of rotatable bonds is 2. The van der Waals surface area contributed by atoms with Gasteiger partial charge in [0.05, 0.1) is 5.69 Å². The lowest BCUT2D eigenvalue weighted by Crippen LogP contribution is -1.94. The first-order chi connectivity index (χ1) is 8.78. The van der Waals surface area contributed by atoms with Crippen LogP contribution in [0, 0.1) is 0 Å². The highest BCUT2D eigenvalue weighted by Gasteiger charge is 2.08. The van der Waals surface area contributed by atoms with E-state index < -0.39 is 0 Å². The highest BCUT2D eigenvalue weighted by atomic mass is 35.5. The van der Waals surface area contributed by atoms with Crippen LogP contribution in [-0.4, -0.2) is 19.4 Å². The molecule has 0 saturated carbocycles. The van der Waals surface area contributed by atoms with E-state index in [0.717, 1.165) is 17.8 Å². The molecular formula is C13H11ClN4. The monoisotopic (exact) mass is 258 g/mol. The second kappa shape index (κ2) is 4.38. The molecule has 0 aliphatic rings. The van der Waals surface area contributed by atoms with Crippen LogP contribution in [0.3, 0.4) is 0 Å². The molecule has 0 N–H and O–H groups in total. The molecule has 4 nitrogen and oxygen atoms in total. The molecule has 3 aromatic heterocycles. The van der Waals surface area contributed by atoms with Crippen LogP contribution in [0.15, 0.2) is 36.9 Å². The minimum Gasteiger partial charge on any atom is -0.302 e. The fourth-order valence-electron chi connectivity index (χ4n) is 1.85. The maximum absolute atomic E-state index is 6.10. The summed E-state index contributed by atoms with van der Waals surface area (Å²) in [6.45, 7) is 2.11. The number of imidazole rings is 1. The zero-order valence-corrected chi connectivity index (χ0v) is 10.6. The first kappa shape index (κ1) is 11.2. The van der Waals surface area contributed by atoms with Gasteiger partial charge < -0.3 is 4.40 Å². The third kappa shape index (κ3) is 1.84. The summed E-state index contributed by atoms with van der Waals surface area (Å²) in [5, 5.41) is 0.390. The molecule has 0 aliphatic heterocycles. The molecule has 18 heavy (non-hydrogen) atoms. The van der Waals surface area contributed by atoms with Crippen molar-refractivity contribution < 1.29 is 0 Å². The van der Waals surface area contributed by atoms with Gasteiger partial charge in [-0.05, 0) is 24.1 Å². The minimum atomic E-state index is 0.390. The summed E-state index contributed by atoms with van der Waals surface area (Å²) in [6, 6.07) is 4.03. The molecule has 3 aromatic rings. The van der Waals surface area contributed by atoms with E-state index in [1.54, 1.807) is 12.4 Å². The van der Waals surface area contributed by atoms with Crippen LogP contribution < -0.4 is 0 Å². The summed E-state index contributed by atoms with van der Waals surface area (Å²) in [5.41, 5.74) is 3.46. The maximum Gasteiger partial charge on any atom is 0.174 e. The second-order valence-corrected chi connectivity index (χ2v) is 4.34. The van der Waals surface area contributed by atoms with E-state index in [0.29, 0.717) is 10.8 Å². The van der Waals surface area contributed by atoms with Crippen molar-refractivity contribution in [2.24, 2.45) is 0 Å². The Morgan fingerprint density at radius 1 is 1.22 bits per heavy atom. The van der Waals surface area contributed by atoms with Crippen molar-refractivity contribution >= 4 is 17.2 Å². The van der Waals surface area contributed by atoms with Gasteiger partial charge in [-0.1, -0.05) is 18.5 Å². The lowest BCUT2D eigenvalue weighted by Gasteiger charge is -2.04. The topological polar surface area (TPSA) is 43.1 Å². The Morgan fingerprint density at radius 2 is 2.11 bits per heavy atom. The Kier molecular flexibility index (Phi) is 2.72. The van der Waals surface area contributed by atoms with Crippen LogP contribution in [0.5, 0.6) is 0 Å². The summed E-state index contributed by atoms with van der Waals surface area (Å²) in [7, 11) is 0. The number of hydrogen-bond donors (Lipinski definition) is 0. The van der Waals surface area contributed by atoms with Crippen molar-refractivity contribution in [3.05, 3.63) is 47.6 Å². The fourth-order valence-corrected chi connectivity index (χ4v) is 2.09. The van der Waals surface area contributed by atoms with Crippen LogP contribution in [0.4, 0.5) is 0 Å². The molecule has 0 unspecified atom stereocenters. The molecule has 90 valence electrons. The molecular weight excluding hydrogens is 248 g/mol. The molecule has 0 bridgehead atoms. The van der Waals surface area contributed by atoms with Gasteiger partial charge in [0.1, 0.15) is 5.69 Å². The minimum absolute atomic E-state index is 0.390. The summed E-state index contributed by atoms with van der Waals surface area (Å²) < 4.78 is 1.85. The van der Waals surface area contributed by atoms with Crippen molar-refractivity contribution in [1.29, 1.82) is 0 Å². The van der Waals surface area contributed by atoms with E-state index in [9.17, 15) is 0 Å². The van der Waals surface area contributed by atoms with Crippen LogP contribution in [0.25, 0.3) is 17.0 Å². The van der Waals surface area contributed by atoms with Crippen LogP contribution in [0.2, 0.25) is 5.15 Å². The highest BCUT2D eigenvalue weighted by Crippen LogP contribution is 2.20. The Morgan fingerprint density at radius 3 is 2.94 bits per heavy atom. The molecule has 0 saturated heterocycles. The van der Waals surface area contributed by atoms with Crippen molar-refractivity contribution in [3.8, 4) is 11.4 Å². The van der Waals surface area contributed by atoms with Gasteiger partial charge in [0.25, 0.3) is 0 Å². The van der Waals surface area contributed by atoms with Gasteiger partial charge in [-0.3, -0.25) is 4.98 Å². The van der Waals surface area contributed by atoms with Gasteiger partial charge in [-0.2, -0.15) is 0 Å². The fraction of sp³-hybridized carbons (Fsp3) is 0.154. The van der Waals surface area contributed by atoms with Gasteiger partial charge in [0.2, 0.25) is 0 Å². The van der Waals surface area contributed by atoms with Gasteiger partial charge >= 0.3 is 0 Å². The number of hydrogen-bond acceptors (Lipinski definition) is 3. The van der Waals surface area contributed by atoms with E-state index in [-0.39, 0.29) is 0 Å². The Bertz CT molecular complexity index is 705. The number of fused-ring (bicyclic) bond motifs is 1. The maximum atomic E-state index is 6.10. The van der Waals surface area contributed by atoms with Gasteiger partial charge in [0.15, 0.2) is 10.8 Å². The van der Waals surface area contributed by atoms with E-state index >= 15 is 0 Å². The van der Waals surface area contributed by atoms with E-state index in [4.69, 9.17) is 11.6 Å². The average molecular weight is 259 g/mol. The largest absolute Gasteiger partial charge is 0.302 e. The number of pyridine rings is 1. The number of halogens is 1. The molecule has 0 fully saturated rings. The Labute approximate surface area is 109 Å². The van der Waals surface area contributed by atoms with Crippen LogP contribution >= 0.6 is 11.6 Å². The van der Waals surface area contributed by atoms with Gasteiger partial charge in [-0.15, -0.1) is 0 Å². The number of nitrogens with zero attached hydrogens (tertiary/aromatic N) is 4. The zero-order valence-electron chi connectivity index (χ0n) is 9.84. The predicted octanol–water partition coefficient (Wildman–Crippen LogP) is 3.01. The molecule has 0 atom stereocenters. The molecule has 0 aliphatic carbocycles. The first-order valence-corrected chi connectivity index (χ1v) is 6.10. The van der Waals surface area contributed by atoms with Crippen LogP contribution in [-0.2, 0) is 6.42 Å². The first-order valence-electron chi connectivity index (χ1n) is 5.72. The summed E-state index contributed by atoms with van der Waals surface area (Å²) >= 11 is 6.10. The zero-order chi connectivity index (χ0) is 12.5. The standard InChI is InChI=1S/C13H11ClN4/c1-2-9-3-4-15-10(7-9)11-8-18-6-5-16-13(18)12(14)17-11/h3-8H,2H2,1H3. The quantitative estimate of drug-likeness (QED) is 0.710. The van der Waals surface area contributed by atoms with Crippen molar-refractivity contribution in [1.82, 2.24) is 19.4 Å². The molecule has 5 heteroatoms. The Hall–Kier alpha value is -1.94. The molecule has 0 aromatic carbocycles. The third-order valence-corrected chi connectivity index (χ3v) is 3.08. The van der Waals surface area contributed by atoms with Crippen molar-refractivity contribution in [2.45, 2.75) is 13.3 Å². The van der Waals surface area contributed by atoms with Crippen molar-refractivity contribution in [3.63, 3.8) is 0 Å². The predicted molar refractivity (Wildman–Crippen MR) is 70.6 cm³/mol. The molecule has 0 radical (unpaired) electrons. The molecule has 3 rings (SSSR count). The second-order valence-electron chi connectivity index (χ2n) is 3.98. The van der Waals surface area contributed by atoms with E-state index in [2.05, 4.69) is 21.9 Å². The van der Waals surface area contributed by atoms with Gasteiger partial charge in [0, 0.05) is 24.8 Å². The third-order valence-electron chi connectivity index (χ3n) is 2.83. The van der Waals surface area contributed by atoms with E-state index in [1.807, 2.05) is 28.9 Å². The summed E-state index contributed by atoms with van der Waals surface area (Å²) in [4.78, 5) is 12.8. The van der Waals surface area contributed by atoms with Crippen LogP contribution in [0.1, 0.15) is 12.5 Å². The molecule has 0 amide bonds.